The van der Waals surface area contributed by atoms with Gasteiger partial charge in [0.05, 0.1) is 0 Å². The lowest BCUT2D eigenvalue weighted by Crippen LogP contribution is -2.36. The first-order valence-electron chi connectivity index (χ1n) is 5.39. The zero-order valence-corrected chi connectivity index (χ0v) is 9.96. The van der Waals surface area contributed by atoms with Gasteiger partial charge in [0.25, 0.3) is 0 Å². The van der Waals surface area contributed by atoms with Crippen molar-refractivity contribution in [3.8, 4) is 0 Å². The monoisotopic (exact) mass is 208 g/mol. The highest BCUT2D eigenvalue weighted by Crippen LogP contribution is 2.03. The topological polar surface area (TPSA) is 41.4 Å². The SMILES string of the molecule is CCN=C(NCC)Nn1c(C)ccc1C. The van der Waals surface area contributed by atoms with E-state index in [1.165, 1.54) is 11.4 Å². The Labute approximate surface area is 91.4 Å². The maximum atomic E-state index is 4.34. The molecule has 0 aromatic carbocycles. The molecular weight excluding hydrogens is 188 g/mol. The molecule has 0 aliphatic rings. The van der Waals surface area contributed by atoms with Crippen molar-refractivity contribution in [3.63, 3.8) is 0 Å². The van der Waals surface area contributed by atoms with E-state index in [0.717, 1.165) is 19.0 Å². The molecule has 1 aromatic heterocycles. The maximum absolute atomic E-state index is 4.34. The number of nitrogens with zero attached hydrogens (tertiary/aromatic N) is 2. The van der Waals surface area contributed by atoms with E-state index >= 15 is 0 Å². The molecule has 0 saturated carbocycles. The minimum atomic E-state index is 0.773. The van der Waals surface area contributed by atoms with Crippen LogP contribution in [0.4, 0.5) is 0 Å². The summed E-state index contributed by atoms with van der Waals surface area (Å²) >= 11 is 0. The Bertz CT molecular complexity index is 319. The number of guanidine groups is 1. The van der Waals surface area contributed by atoms with Crippen molar-refractivity contribution in [2.45, 2.75) is 27.7 Å². The van der Waals surface area contributed by atoms with Gasteiger partial charge in [-0.1, -0.05) is 0 Å². The molecule has 4 nitrogen and oxygen atoms in total. The molecule has 0 spiro atoms. The molecule has 0 bridgehead atoms. The van der Waals surface area contributed by atoms with E-state index in [9.17, 15) is 0 Å². The van der Waals surface area contributed by atoms with Gasteiger partial charge in [-0.3, -0.25) is 15.1 Å². The summed E-state index contributed by atoms with van der Waals surface area (Å²) in [5.74, 6) is 0.822. The molecule has 0 radical (unpaired) electrons. The van der Waals surface area contributed by atoms with Crippen LogP contribution in [0.2, 0.25) is 0 Å². The summed E-state index contributed by atoms with van der Waals surface area (Å²) in [6.45, 7) is 9.85. The van der Waals surface area contributed by atoms with Crippen molar-refractivity contribution >= 4 is 5.96 Å². The van der Waals surface area contributed by atoms with Crippen molar-refractivity contribution in [2.75, 3.05) is 18.5 Å². The average molecular weight is 208 g/mol. The van der Waals surface area contributed by atoms with Crippen LogP contribution in [-0.2, 0) is 0 Å². The number of hydrogen-bond donors (Lipinski definition) is 2. The second-order valence-corrected chi connectivity index (χ2v) is 3.42. The van der Waals surface area contributed by atoms with Crippen molar-refractivity contribution in [3.05, 3.63) is 23.5 Å². The van der Waals surface area contributed by atoms with Gasteiger partial charge in [-0.05, 0) is 39.8 Å². The van der Waals surface area contributed by atoms with Crippen molar-refractivity contribution in [1.29, 1.82) is 0 Å². The van der Waals surface area contributed by atoms with E-state index in [1.54, 1.807) is 0 Å². The number of aryl methyl sites for hydroxylation is 2. The zero-order valence-electron chi connectivity index (χ0n) is 9.96. The number of aliphatic imine (C=N–C) groups is 1. The minimum Gasteiger partial charge on any atom is -0.355 e. The van der Waals surface area contributed by atoms with Gasteiger partial charge < -0.3 is 5.32 Å². The molecule has 0 unspecified atom stereocenters. The average Bonchev–Trinajstić information content (AvgIpc) is 2.50. The summed E-state index contributed by atoms with van der Waals surface area (Å²) in [5, 5.41) is 3.19. The predicted octanol–water partition coefficient (Wildman–Crippen LogP) is 1.63. The fourth-order valence-corrected chi connectivity index (χ4v) is 1.41. The summed E-state index contributed by atoms with van der Waals surface area (Å²) in [4.78, 5) is 4.34. The Kier molecular flexibility index (Phi) is 4.21. The molecule has 84 valence electrons. The molecule has 2 N–H and O–H groups in total. The molecule has 0 amide bonds. The van der Waals surface area contributed by atoms with E-state index in [1.807, 2.05) is 11.6 Å². The van der Waals surface area contributed by atoms with E-state index in [-0.39, 0.29) is 0 Å². The van der Waals surface area contributed by atoms with Crippen LogP contribution < -0.4 is 10.7 Å². The first kappa shape index (κ1) is 11.6. The summed E-state index contributed by atoms with van der Waals surface area (Å²) in [6, 6.07) is 4.16. The molecule has 0 saturated heterocycles. The summed E-state index contributed by atoms with van der Waals surface area (Å²) < 4.78 is 2.02. The molecule has 1 rings (SSSR count). The molecule has 1 aromatic rings. The first-order chi connectivity index (χ1) is 7.19. The third-order valence-corrected chi connectivity index (χ3v) is 2.15. The maximum Gasteiger partial charge on any atom is 0.210 e. The normalized spacial score (nSPS) is 11.6. The van der Waals surface area contributed by atoms with Gasteiger partial charge in [0.15, 0.2) is 0 Å². The van der Waals surface area contributed by atoms with Crippen LogP contribution in [0.3, 0.4) is 0 Å². The van der Waals surface area contributed by atoms with Crippen LogP contribution in [-0.4, -0.2) is 23.7 Å². The predicted molar refractivity (Wildman–Crippen MR) is 64.9 cm³/mol. The molecule has 1 heterocycles. The minimum absolute atomic E-state index is 0.773. The van der Waals surface area contributed by atoms with E-state index in [2.05, 4.69) is 48.6 Å². The number of rotatable bonds is 3. The molecule has 0 atom stereocenters. The van der Waals surface area contributed by atoms with Crippen LogP contribution >= 0.6 is 0 Å². The van der Waals surface area contributed by atoms with Gasteiger partial charge in [0, 0.05) is 24.5 Å². The summed E-state index contributed by atoms with van der Waals surface area (Å²) in [6.07, 6.45) is 0. The smallest absolute Gasteiger partial charge is 0.210 e. The number of nitrogens with one attached hydrogen (secondary N) is 2. The third-order valence-electron chi connectivity index (χ3n) is 2.15. The lowest BCUT2D eigenvalue weighted by atomic mass is 10.5. The van der Waals surface area contributed by atoms with E-state index in [4.69, 9.17) is 0 Å². The number of hydrogen-bond acceptors (Lipinski definition) is 1. The van der Waals surface area contributed by atoms with Gasteiger partial charge in [-0.25, -0.2) is 0 Å². The van der Waals surface area contributed by atoms with E-state index < -0.39 is 0 Å². The Morgan fingerprint density at radius 1 is 1.27 bits per heavy atom. The van der Waals surface area contributed by atoms with Crippen LogP contribution in [0.15, 0.2) is 17.1 Å². The third kappa shape index (κ3) is 3.01. The van der Waals surface area contributed by atoms with Gasteiger partial charge in [-0.2, -0.15) is 0 Å². The second-order valence-electron chi connectivity index (χ2n) is 3.42. The molecule has 0 aliphatic carbocycles. The van der Waals surface area contributed by atoms with Crippen molar-refractivity contribution < 1.29 is 0 Å². The molecule has 0 aliphatic heterocycles. The van der Waals surface area contributed by atoms with Crippen LogP contribution in [0.5, 0.6) is 0 Å². The van der Waals surface area contributed by atoms with Crippen molar-refractivity contribution in [2.24, 2.45) is 4.99 Å². The Hall–Kier alpha value is -1.45. The van der Waals surface area contributed by atoms with E-state index in [0.29, 0.717) is 0 Å². The fraction of sp³-hybridized carbons (Fsp3) is 0.545. The first-order valence-corrected chi connectivity index (χ1v) is 5.39. The van der Waals surface area contributed by atoms with Crippen LogP contribution in [0.1, 0.15) is 25.2 Å². The Balaban J connectivity index is 2.78. The van der Waals surface area contributed by atoms with Gasteiger partial charge in [0.2, 0.25) is 5.96 Å². The molecular formula is C11H20N4. The standard InChI is InChI=1S/C11H20N4/c1-5-12-11(13-6-2)14-15-9(3)7-8-10(15)4/h7-8H,5-6H2,1-4H3,(H2,12,13,14). The molecule has 4 heteroatoms. The van der Waals surface area contributed by atoms with Gasteiger partial charge in [0.1, 0.15) is 0 Å². The van der Waals surface area contributed by atoms with Gasteiger partial charge >= 0.3 is 0 Å². The lowest BCUT2D eigenvalue weighted by Gasteiger charge is -2.15. The Morgan fingerprint density at radius 2 is 1.87 bits per heavy atom. The largest absolute Gasteiger partial charge is 0.355 e. The van der Waals surface area contributed by atoms with Gasteiger partial charge in [-0.15, -0.1) is 0 Å². The highest BCUT2D eigenvalue weighted by Gasteiger charge is 2.02. The summed E-state index contributed by atoms with van der Waals surface area (Å²) in [5.41, 5.74) is 5.60. The van der Waals surface area contributed by atoms with Crippen LogP contribution in [0, 0.1) is 13.8 Å². The molecule has 0 fully saturated rings. The van der Waals surface area contributed by atoms with Crippen LogP contribution in [0.25, 0.3) is 0 Å². The highest BCUT2D eigenvalue weighted by molar-refractivity contribution is 5.87. The summed E-state index contributed by atoms with van der Waals surface area (Å²) in [7, 11) is 0. The van der Waals surface area contributed by atoms with Crippen molar-refractivity contribution in [1.82, 2.24) is 9.99 Å². The number of aromatic nitrogens is 1. The fourth-order valence-electron chi connectivity index (χ4n) is 1.41. The second kappa shape index (κ2) is 5.44. The zero-order chi connectivity index (χ0) is 11.3. The quantitative estimate of drug-likeness (QED) is 0.585. The molecule has 15 heavy (non-hydrogen) atoms. The highest BCUT2D eigenvalue weighted by atomic mass is 15.5. The lowest BCUT2D eigenvalue weighted by molar-refractivity contribution is 0.848. The Morgan fingerprint density at radius 3 is 2.33 bits per heavy atom.